The SMILES string of the molecule is CCOC(=O)c1cnn(-c2c(C)cc(F)c[n+]2[O-])c1C. The molecule has 0 aromatic carbocycles. The van der Waals surface area contributed by atoms with Gasteiger partial charge in [-0.15, -0.1) is 4.68 Å². The van der Waals surface area contributed by atoms with Crippen molar-refractivity contribution in [1.29, 1.82) is 0 Å². The van der Waals surface area contributed by atoms with Gasteiger partial charge in [-0.3, -0.25) is 0 Å². The number of hydrogen-bond acceptors (Lipinski definition) is 4. The first-order chi connectivity index (χ1) is 9.45. The molecular formula is C13H14FN3O3. The third kappa shape index (κ3) is 2.34. The van der Waals surface area contributed by atoms with Gasteiger partial charge in [0.1, 0.15) is 17.5 Å². The number of pyridine rings is 1. The number of hydrogen-bond donors (Lipinski definition) is 0. The van der Waals surface area contributed by atoms with E-state index in [9.17, 15) is 14.4 Å². The molecule has 2 aromatic rings. The summed E-state index contributed by atoms with van der Waals surface area (Å²) in [7, 11) is 0. The first-order valence-electron chi connectivity index (χ1n) is 6.07. The van der Waals surface area contributed by atoms with E-state index in [1.807, 2.05) is 0 Å². The molecule has 0 aliphatic heterocycles. The topological polar surface area (TPSA) is 71.1 Å². The van der Waals surface area contributed by atoms with E-state index >= 15 is 0 Å². The highest BCUT2D eigenvalue weighted by atomic mass is 19.1. The second kappa shape index (κ2) is 5.28. The first-order valence-corrected chi connectivity index (χ1v) is 6.07. The van der Waals surface area contributed by atoms with Crippen LogP contribution in [0.3, 0.4) is 0 Å². The van der Waals surface area contributed by atoms with Crippen LogP contribution in [0.4, 0.5) is 4.39 Å². The maximum Gasteiger partial charge on any atom is 0.343 e. The quantitative estimate of drug-likeness (QED) is 0.484. The van der Waals surface area contributed by atoms with Crippen LogP contribution >= 0.6 is 0 Å². The number of carbonyl (C=O) groups is 1. The Kier molecular flexibility index (Phi) is 3.69. The van der Waals surface area contributed by atoms with Crippen molar-refractivity contribution < 1.29 is 18.7 Å². The predicted octanol–water partition coefficient (Wildman–Crippen LogP) is 1.44. The molecule has 0 atom stereocenters. The van der Waals surface area contributed by atoms with Crippen LogP contribution in [-0.2, 0) is 4.74 Å². The first kappa shape index (κ1) is 14.0. The van der Waals surface area contributed by atoms with E-state index in [1.54, 1.807) is 20.8 Å². The number of halogens is 1. The summed E-state index contributed by atoms with van der Waals surface area (Å²) in [6.45, 7) is 5.19. The summed E-state index contributed by atoms with van der Waals surface area (Å²) in [5.41, 5.74) is 1.15. The third-order valence-electron chi connectivity index (χ3n) is 2.86. The van der Waals surface area contributed by atoms with Gasteiger partial charge in [-0.25, -0.2) is 13.9 Å². The molecule has 0 saturated heterocycles. The number of aromatic nitrogens is 3. The highest BCUT2D eigenvalue weighted by molar-refractivity contribution is 5.90. The van der Waals surface area contributed by atoms with Gasteiger partial charge in [0.05, 0.1) is 12.8 Å². The van der Waals surface area contributed by atoms with Gasteiger partial charge in [0.25, 0.3) is 0 Å². The van der Waals surface area contributed by atoms with Crippen molar-refractivity contribution in [2.24, 2.45) is 0 Å². The number of rotatable bonds is 3. The molecule has 0 saturated carbocycles. The highest BCUT2D eigenvalue weighted by Gasteiger charge is 2.24. The number of nitrogens with zero attached hydrogens (tertiary/aromatic N) is 3. The standard InChI is InChI=1S/C13H14FN3O3/c1-4-20-13(18)11-6-15-17(9(11)3)12-8(2)5-10(14)7-16(12)19/h5-7H,4H2,1-3H3. The minimum atomic E-state index is -0.628. The second-order valence-electron chi connectivity index (χ2n) is 4.27. The Hall–Kier alpha value is -2.44. The lowest BCUT2D eigenvalue weighted by atomic mass is 10.2. The zero-order valence-corrected chi connectivity index (χ0v) is 11.4. The summed E-state index contributed by atoms with van der Waals surface area (Å²) >= 11 is 0. The van der Waals surface area contributed by atoms with Gasteiger partial charge >= 0.3 is 11.8 Å². The monoisotopic (exact) mass is 279 g/mol. The molecule has 0 amide bonds. The summed E-state index contributed by atoms with van der Waals surface area (Å²) < 4.78 is 19.7. The van der Waals surface area contributed by atoms with Gasteiger partial charge in [-0.2, -0.15) is 0 Å². The maximum absolute atomic E-state index is 13.1. The molecule has 7 heteroatoms. The minimum absolute atomic E-state index is 0.152. The molecule has 0 aliphatic carbocycles. The van der Waals surface area contributed by atoms with Crippen molar-refractivity contribution in [2.45, 2.75) is 20.8 Å². The van der Waals surface area contributed by atoms with Crippen molar-refractivity contribution in [3.05, 3.63) is 46.3 Å². The number of carbonyl (C=O) groups excluding carboxylic acids is 1. The Bertz CT molecular complexity index is 644. The number of ether oxygens (including phenoxy) is 1. The highest BCUT2D eigenvalue weighted by Crippen LogP contribution is 2.16. The van der Waals surface area contributed by atoms with Crippen LogP contribution < -0.4 is 4.73 Å². The number of aryl methyl sites for hydroxylation is 1. The second-order valence-corrected chi connectivity index (χ2v) is 4.27. The molecule has 0 bridgehead atoms. The normalized spacial score (nSPS) is 10.6. The molecule has 0 spiro atoms. The lowest BCUT2D eigenvalue weighted by Gasteiger charge is -2.10. The van der Waals surface area contributed by atoms with Gasteiger partial charge < -0.3 is 9.94 Å². The van der Waals surface area contributed by atoms with Crippen LogP contribution in [0.25, 0.3) is 5.82 Å². The van der Waals surface area contributed by atoms with E-state index in [1.165, 1.54) is 16.9 Å². The summed E-state index contributed by atoms with van der Waals surface area (Å²) in [5, 5.41) is 15.8. The fourth-order valence-electron chi connectivity index (χ4n) is 1.95. The lowest BCUT2D eigenvalue weighted by molar-refractivity contribution is -0.602. The van der Waals surface area contributed by atoms with Crippen LogP contribution in [-0.4, -0.2) is 22.4 Å². The van der Waals surface area contributed by atoms with Crippen LogP contribution in [0.2, 0.25) is 0 Å². The van der Waals surface area contributed by atoms with Crippen LogP contribution in [0.5, 0.6) is 0 Å². The van der Waals surface area contributed by atoms with Crippen LogP contribution in [0, 0.1) is 24.9 Å². The molecule has 0 fully saturated rings. The van der Waals surface area contributed by atoms with Gasteiger partial charge in [0.15, 0.2) is 5.82 Å². The van der Waals surface area contributed by atoms with Crippen molar-refractivity contribution in [1.82, 2.24) is 9.78 Å². The Morgan fingerprint density at radius 2 is 2.25 bits per heavy atom. The molecule has 0 N–H and O–H groups in total. The fourth-order valence-corrected chi connectivity index (χ4v) is 1.95. The zero-order chi connectivity index (χ0) is 14.9. The maximum atomic E-state index is 13.1. The number of esters is 1. The van der Waals surface area contributed by atoms with E-state index in [2.05, 4.69) is 5.10 Å². The van der Waals surface area contributed by atoms with Crippen LogP contribution in [0.15, 0.2) is 18.5 Å². The molecule has 0 unspecified atom stereocenters. The summed E-state index contributed by atoms with van der Waals surface area (Å²) in [6, 6.07) is 1.23. The molecular weight excluding hydrogens is 265 g/mol. The van der Waals surface area contributed by atoms with Crippen molar-refractivity contribution in [2.75, 3.05) is 6.61 Å². The molecule has 0 radical (unpaired) electrons. The fraction of sp³-hybridized carbons (Fsp3) is 0.308. The predicted molar refractivity (Wildman–Crippen MR) is 67.9 cm³/mol. The molecule has 2 rings (SSSR count). The minimum Gasteiger partial charge on any atom is -0.710 e. The Labute approximate surface area is 115 Å². The molecule has 2 aromatic heterocycles. The van der Waals surface area contributed by atoms with Gasteiger partial charge in [-0.05, 0) is 19.9 Å². The van der Waals surface area contributed by atoms with Crippen molar-refractivity contribution >= 4 is 5.97 Å². The molecule has 2 heterocycles. The van der Waals surface area contributed by atoms with Gasteiger partial charge in [0, 0.05) is 12.5 Å². The molecule has 0 aliphatic rings. The average Bonchev–Trinajstić information content (AvgIpc) is 2.71. The summed E-state index contributed by atoms with van der Waals surface area (Å²) in [6.07, 6.45) is 2.14. The van der Waals surface area contributed by atoms with Crippen molar-refractivity contribution in [3.63, 3.8) is 0 Å². The summed E-state index contributed by atoms with van der Waals surface area (Å²) in [5.74, 6) is -0.982. The lowest BCUT2D eigenvalue weighted by Crippen LogP contribution is -2.34. The third-order valence-corrected chi connectivity index (χ3v) is 2.86. The largest absolute Gasteiger partial charge is 0.710 e. The molecule has 20 heavy (non-hydrogen) atoms. The Morgan fingerprint density at radius 3 is 2.85 bits per heavy atom. The van der Waals surface area contributed by atoms with E-state index in [0.29, 0.717) is 16.0 Å². The van der Waals surface area contributed by atoms with Crippen LogP contribution in [0.1, 0.15) is 28.5 Å². The average molecular weight is 279 g/mol. The molecule has 6 nitrogen and oxygen atoms in total. The van der Waals surface area contributed by atoms with E-state index in [4.69, 9.17) is 4.74 Å². The zero-order valence-electron chi connectivity index (χ0n) is 11.4. The summed E-state index contributed by atoms with van der Waals surface area (Å²) in [4.78, 5) is 11.7. The smallest absolute Gasteiger partial charge is 0.343 e. The van der Waals surface area contributed by atoms with Gasteiger partial charge in [0.2, 0.25) is 0 Å². The van der Waals surface area contributed by atoms with E-state index < -0.39 is 11.8 Å². The Balaban J connectivity index is 2.53. The molecule has 106 valence electrons. The van der Waals surface area contributed by atoms with Crippen molar-refractivity contribution in [3.8, 4) is 5.82 Å². The van der Waals surface area contributed by atoms with E-state index in [0.717, 1.165) is 6.20 Å². The van der Waals surface area contributed by atoms with Gasteiger partial charge in [-0.1, -0.05) is 5.10 Å². The Morgan fingerprint density at radius 1 is 1.55 bits per heavy atom. The van der Waals surface area contributed by atoms with E-state index in [-0.39, 0.29) is 18.0 Å².